The molecule has 4 aromatic rings. The normalized spacial score (nSPS) is 14.9. The zero-order valence-corrected chi connectivity index (χ0v) is 19.9. The lowest BCUT2D eigenvalue weighted by Crippen LogP contribution is -2.31. The number of ether oxygens (including phenoxy) is 1. The predicted octanol–water partition coefficient (Wildman–Crippen LogP) is 5.68. The minimum Gasteiger partial charge on any atom is -0.507 e. The highest BCUT2D eigenvalue weighted by Crippen LogP contribution is 2.45. The average molecular weight is 492 g/mol. The number of benzene rings is 3. The van der Waals surface area contributed by atoms with Crippen LogP contribution in [0.2, 0.25) is 5.02 Å². The molecule has 1 aliphatic rings. The second-order valence-electron chi connectivity index (χ2n) is 8.53. The van der Waals surface area contributed by atoms with Crippen LogP contribution in [0.25, 0.3) is 11.3 Å². The van der Waals surface area contributed by atoms with Crippen molar-refractivity contribution in [1.82, 2.24) is 15.1 Å². The van der Waals surface area contributed by atoms with Crippen LogP contribution in [0, 0.1) is 12.7 Å². The van der Waals surface area contributed by atoms with E-state index in [0.29, 0.717) is 40.5 Å². The molecule has 2 N–H and O–H groups in total. The number of methoxy groups -OCH3 is 1. The highest BCUT2D eigenvalue weighted by atomic mass is 35.5. The van der Waals surface area contributed by atoms with Crippen molar-refractivity contribution in [1.29, 1.82) is 0 Å². The first kappa shape index (κ1) is 22.9. The number of aromatic nitrogens is 2. The Balaban J connectivity index is 1.57. The van der Waals surface area contributed by atoms with Crippen LogP contribution < -0.4 is 4.74 Å². The Labute approximate surface area is 206 Å². The number of nitrogens with one attached hydrogen (secondary N) is 1. The van der Waals surface area contributed by atoms with Crippen LogP contribution in [0.4, 0.5) is 4.39 Å². The van der Waals surface area contributed by atoms with Gasteiger partial charge in [0.05, 0.1) is 13.2 Å². The van der Waals surface area contributed by atoms with Gasteiger partial charge < -0.3 is 14.7 Å². The molecule has 1 amide bonds. The smallest absolute Gasteiger partial charge is 0.273 e. The summed E-state index contributed by atoms with van der Waals surface area (Å²) in [6.07, 6.45) is 0.613. The van der Waals surface area contributed by atoms with Gasteiger partial charge >= 0.3 is 0 Å². The van der Waals surface area contributed by atoms with Gasteiger partial charge in [-0.1, -0.05) is 35.9 Å². The Kier molecular flexibility index (Phi) is 5.94. The first-order chi connectivity index (χ1) is 16.9. The first-order valence-corrected chi connectivity index (χ1v) is 11.5. The number of H-pyrrole nitrogens is 1. The lowest BCUT2D eigenvalue weighted by Gasteiger charge is -2.26. The molecule has 0 fully saturated rings. The number of carbonyl (C=O) groups is 1. The maximum absolute atomic E-state index is 13.7. The fourth-order valence-electron chi connectivity index (χ4n) is 4.52. The maximum Gasteiger partial charge on any atom is 0.273 e. The SMILES string of the molecule is COc1ccc(CCN2C(=O)c3[nH]nc(-c4cc(Cl)c(C)cc4O)c3C2c2ccc(F)cc2)cc1. The topological polar surface area (TPSA) is 78.5 Å². The third-order valence-corrected chi connectivity index (χ3v) is 6.79. The van der Waals surface area contributed by atoms with Crippen LogP contribution in [0.3, 0.4) is 0 Å². The molecule has 0 saturated carbocycles. The molecule has 5 rings (SSSR count). The molecule has 178 valence electrons. The molecular formula is C27H23ClFN3O3. The number of hydrogen-bond acceptors (Lipinski definition) is 4. The lowest BCUT2D eigenvalue weighted by atomic mass is 9.95. The summed E-state index contributed by atoms with van der Waals surface area (Å²) >= 11 is 6.34. The molecule has 1 atom stereocenters. The zero-order valence-electron chi connectivity index (χ0n) is 19.2. The van der Waals surface area contributed by atoms with Gasteiger partial charge in [0, 0.05) is 22.7 Å². The van der Waals surface area contributed by atoms with Gasteiger partial charge in [-0.15, -0.1) is 0 Å². The number of aromatic amines is 1. The van der Waals surface area contributed by atoms with E-state index in [9.17, 15) is 14.3 Å². The number of aryl methyl sites for hydroxylation is 1. The molecule has 3 aromatic carbocycles. The van der Waals surface area contributed by atoms with Crippen LogP contribution in [0.5, 0.6) is 11.5 Å². The second-order valence-corrected chi connectivity index (χ2v) is 8.94. The molecule has 8 heteroatoms. The van der Waals surface area contributed by atoms with Crippen molar-refractivity contribution < 1.29 is 19.0 Å². The van der Waals surface area contributed by atoms with Crippen LogP contribution in [-0.4, -0.2) is 39.8 Å². The van der Waals surface area contributed by atoms with Crippen LogP contribution in [0.1, 0.15) is 38.8 Å². The lowest BCUT2D eigenvalue weighted by molar-refractivity contribution is 0.0746. The van der Waals surface area contributed by atoms with E-state index in [4.69, 9.17) is 16.3 Å². The summed E-state index contributed by atoms with van der Waals surface area (Å²) < 4.78 is 19.0. The highest BCUT2D eigenvalue weighted by molar-refractivity contribution is 6.31. The van der Waals surface area contributed by atoms with Gasteiger partial charge in [-0.2, -0.15) is 5.10 Å². The van der Waals surface area contributed by atoms with Crippen LogP contribution in [0.15, 0.2) is 60.7 Å². The number of halogens is 2. The van der Waals surface area contributed by atoms with Crippen LogP contribution >= 0.6 is 11.6 Å². The van der Waals surface area contributed by atoms with Crippen molar-refractivity contribution in [3.8, 4) is 22.8 Å². The van der Waals surface area contributed by atoms with Gasteiger partial charge in [0.2, 0.25) is 0 Å². The molecule has 0 spiro atoms. The van der Waals surface area contributed by atoms with Crippen molar-refractivity contribution in [3.63, 3.8) is 0 Å². The van der Waals surface area contributed by atoms with E-state index < -0.39 is 6.04 Å². The Morgan fingerprint density at radius 2 is 1.86 bits per heavy atom. The standard InChI is InChI=1S/C27H23ClFN3O3/c1-15-13-22(33)20(14-21(15)28)24-23-25(31-30-24)27(34)32(26(23)17-5-7-18(29)8-6-17)12-11-16-3-9-19(35-2)10-4-16/h3-10,13-14,26,33H,11-12H2,1-2H3,(H,30,31). The maximum atomic E-state index is 13.7. The van der Waals surface area contributed by atoms with Crippen molar-refractivity contribution in [3.05, 3.63) is 99.5 Å². The van der Waals surface area contributed by atoms with E-state index >= 15 is 0 Å². The summed E-state index contributed by atoms with van der Waals surface area (Å²) in [5.74, 6) is 0.207. The highest BCUT2D eigenvalue weighted by Gasteiger charge is 2.42. The summed E-state index contributed by atoms with van der Waals surface area (Å²) in [6.45, 7) is 2.22. The van der Waals surface area contributed by atoms with E-state index in [2.05, 4.69) is 10.2 Å². The molecule has 1 aliphatic heterocycles. The largest absolute Gasteiger partial charge is 0.507 e. The quantitative estimate of drug-likeness (QED) is 0.364. The zero-order chi connectivity index (χ0) is 24.7. The van der Waals surface area contributed by atoms with Gasteiger partial charge in [-0.05, 0) is 66.4 Å². The third kappa shape index (κ3) is 4.12. The summed E-state index contributed by atoms with van der Waals surface area (Å²) in [4.78, 5) is 15.2. The number of nitrogens with zero attached hydrogens (tertiary/aromatic N) is 2. The number of fused-ring (bicyclic) bond motifs is 1. The Morgan fingerprint density at radius 1 is 1.14 bits per heavy atom. The van der Waals surface area contributed by atoms with Gasteiger partial charge in [-0.25, -0.2) is 4.39 Å². The molecule has 0 saturated heterocycles. The van der Waals surface area contributed by atoms with Gasteiger partial charge in [-0.3, -0.25) is 9.89 Å². The van der Waals surface area contributed by atoms with Crippen molar-refractivity contribution in [2.24, 2.45) is 0 Å². The van der Waals surface area contributed by atoms with E-state index in [1.165, 1.54) is 12.1 Å². The number of hydrogen-bond donors (Lipinski definition) is 2. The minimum absolute atomic E-state index is 0.0168. The predicted molar refractivity (Wildman–Crippen MR) is 131 cm³/mol. The second kappa shape index (κ2) is 9.07. The molecule has 6 nitrogen and oxygen atoms in total. The fraction of sp³-hybridized carbons (Fsp3) is 0.185. The number of amides is 1. The number of phenolic OH excluding ortho intramolecular Hbond substituents is 1. The van der Waals surface area contributed by atoms with Gasteiger partial charge in [0.25, 0.3) is 5.91 Å². The van der Waals surface area contributed by atoms with Crippen LogP contribution in [-0.2, 0) is 6.42 Å². The summed E-state index contributed by atoms with van der Waals surface area (Å²) in [7, 11) is 1.61. The Hall–Kier alpha value is -3.84. The van der Waals surface area contributed by atoms with Crippen molar-refractivity contribution >= 4 is 17.5 Å². The number of phenols is 1. The fourth-order valence-corrected chi connectivity index (χ4v) is 4.69. The van der Waals surface area contributed by atoms with E-state index in [0.717, 1.165) is 22.4 Å². The molecule has 1 unspecified atom stereocenters. The number of rotatable bonds is 6. The molecule has 2 heterocycles. The summed E-state index contributed by atoms with van der Waals surface area (Å²) in [6, 6.07) is 16.5. The van der Waals surface area contributed by atoms with Gasteiger partial charge in [0.1, 0.15) is 28.7 Å². The molecule has 1 aromatic heterocycles. The molecule has 0 radical (unpaired) electrons. The van der Waals surface area contributed by atoms with E-state index in [-0.39, 0.29) is 17.5 Å². The van der Waals surface area contributed by atoms with Gasteiger partial charge in [0.15, 0.2) is 0 Å². The molecule has 0 bridgehead atoms. The van der Waals surface area contributed by atoms with Crippen molar-refractivity contribution in [2.75, 3.05) is 13.7 Å². The average Bonchev–Trinajstić information content (AvgIpc) is 3.40. The van der Waals surface area contributed by atoms with E-state index in [1.807, 2.05) is 24.3 Å². The minimum atomic E-state index is -0.510. The summed E-state index contributed by atoms with van der Waals surface area (Å²) in [5, 5.41) is 18.4. The Morgan fingerprint density at radius 3 is 2.54 bits per heavy atom. The summed E-state index contributed by atoms with van der Waals surface area (Å²) in [5.41, 5.74) is 4.37. The molecule has 35 heavy (non-hydrogen) atoms. The molecular weight excluding hydrogens is 469 g/mol. The monoisotopic (exact) mass is 491 g/mol. The number of carbonyl (C=O) groups excluding carboxylic acids is 1. The van der Waals surface area contributed by atoms with Crippen molar-refractivity contribution in [2.45, 2.75) is 19.4 Å². The van der Waals surface area contributed by atoms with E-state index in [1.54, 1.807) is 43.2 Å². The number of aromatic hydroxyl groups is 1. The Bertz CT molecular complexity index is 1400. The third-order valence-electron chi connectivity index (χ3n) is 6.38. The first-order valence-electron chi connectivity index (χ1n) is 11.1. The molecule has 0 aliphatic carbocycles.